The zero-order chi connectivity index (χ0) is 21.3. The van der Waals surface area contributed by atoms with E-state index >= 15 is 0 Å². The van der Waals surface area contributed by atoms with Crippen molar-refractivity contribution < 1.29 is 14.3 Å². The second kappa shape index (κ2) is 10.3. The van der Waals surface area contributed by atoms with Gasteiger partial charge in [-0.2, -0.15) is 0 Å². The highest BCUT2D eigenvalue weighted by Gasteiger charge is 2.16. The predicted octanol–water partition coefficient (Wildman–Crippen LogP) is 3.21. The Kier molecular flexibility index (Phi) is 7.24. The summed E-state index contributed by atoms with van der Waals surface area (Å²) in [4.78, 5) is 31.0. The number of carbonyl (C=O) groups is 2. The second-order valence-electron chi connectivity index (χ2n) is 6.40. The van der Waals surface area contributed by atoms with Gasteiger partial charge < -0.3 is 9.64 Å². The molecule has 1 aromatic heterocycles. The number of amides is 2. The van der Waals surface area contributed by atoms with E-state index in [1.807, 2.05) is 47.4 Å². The minimum absolute atomic E-state index is 0.0386. The van der Waals surface area contributed by atoms with E-state index < -0.39 is 5.91 Å². The van der Waals surface area contributed by atoms with Crippen molar-refractivity contribution in [1.82, 2.24) is 15.8 Å². The quantitative estimate of drug-likeness (QED) is 0.569. The third-order valence-corrected chi connectivity index (χ3v) is 4.51. The van der Waals surface area contributed by atoms with Crippen LogP contribution < -0.4 is 20.5 Å². The van der Waals surface area contributed by atoms with Gasteiger partial charge in [0.15, 0.2) is 0 Å². The van der Waals surface area contributed by atoms with Crippen molar-refractivity contribution in [1.29, 1.82) is 0 Å². The largest absolute Gasteiger partial charge is 0.496 e. The van der Waals surface area contributed by atoms with Crippen LogP contribution >= 0.6 is 11.6 Å². The Balaban J connectivity index is 1.65. The van der Waals surface area contributed by atoms with Crippen LogP contribution in [0.4, 0.5) is 5.69 Å². The molecule has 0 saturated carbocycles. The molecule has 0 aliphatic heterocycles. The molecule has 0 bridgehead atoms. The van der Waals surface area contributed by atoms with Gasteiger partial charge in [0.25, 0.3) is 11.8 Å². The summed E-state index contributed by atoms with van der Waals surface area (Å²) in [5.41, 5.74) is 6.96. The predicted molar refractivity (Wildman–Crippen MR) is 115 cm³/mol. The van der Waals surface area contributed by atoms with E-state index in [2.05, 4.69) is 15.8 Å². The maximum absolute atomic E-state index is 12.5. The lowest BCUT2D eigenvalue weighted by Crippen LogP contribution is -2.46. The molecule has 0 spiro atoms. The van der Waals surface area contributed by atoms with E-state index in [0.717, 1.165) is 11.3 Å². The molecule has 8 heteroatoms. The van der Waals surface area contributed by atoms with E-state index in [-0.39, 0.29) is 18.0 Å². The molecule has 154 valence electrons. The molecule has 7 nitrogen and oxygen atoms in total. The van der Waals surface area contributed by atoms with Gasteiger partial charge >= 0.3 is 0 Å². The number of anilines is 1. The van der Waals surface area contributed by atoms with Crippen LogP contribution in [0.5, 0.6) is 5.75 Å². The van der Waals surface area contributed by atoms with Gasteiger partial charge in [0.05, 0.1) is 19.2 Å². The molecule has 1 heterocycles. The first-order chi connectivity index (χ1) is 14.6. The Morgan fingerprint density at radius 1 is 1.07 bits per heavy atom. The van der Waals surface area contributed by atoms with E-state index in [1.165, 1.54) is 19.2 Å². The van der Waals surface area contributed by atoms with Crippen LogP contribution in [0.2, 0.25) is 5.02 Å². The number of pyridine rings is 1. The number of halogens is 1. The van der Waals surface area contributed by atoms with Crippen molar-refractivity contribution in [3.8, 4) is 5.75 Å². The minimum atomic E-state index is -0.504. The fourth-order valence-corrected chi connectivity index (χ4v) is 3.01. The Hall–Kier alpha value is -3.58. The number of aromatic nitrogens is 1. The van der Waals surface area contributed by atoms with Gasteiger partial charge in [-0.1, -0.05) is 35.9 Å². The molecule has 0 aliphatic rings. The number of hydrogen-bond acceptors (Lipinski definition) is 5. The molecule has 30 heavy (non-hydrogen) atoms. The topological polar surface area (TPSA) is 83.6 Å². The molecule has 0 fully saturated rings. The highest BCUT2D eigenvalue weighted by Crippen LogP contribution is 2.22. The highest BCUT2D eigenvalue weighted by molar-refractivity contribution is 6.30. The van der Waals surface area contributed by atoms with Crippen molar-refractivity contribution >= 4 is 29.1 Å². The lowest BCUT2D eigenvalue weighted by molar-refractivity contribution is -0.120. The van der Waals surface area contributed by atoms with Gasteiger partial charge in [0, 0.05) is 29.6 Å². The van der Waals surface area contributed by atoms with Crippen molar-refractivity contribution in [3.63, 3.8) is 0 Å². The zero-order valence-corrected chi connectivity index (χ0v) is 17.1. The number of para-hydroxylation sites is 1. The van der Waals surface area contributed by atoms with Crippen LogP contribution in [0.25, 0.3) is 0 Å². The van der Waals surface area contributed by atoms with Crippen LogP contribution in [-0.4, -0.2) is 30.5 Å². The molecule has 2 N–H and O–H groups in total. The van der Waals surface area contributed by atoms with E-state index in [0.29, 0.717) is 17.3 Å². The third-order valence-electron chi connectivity index (χ3n) is 4.28. The zero-order valence-electron chi connectivity index (χ0n) is 16.3. The fourth-order valence-electron chi connectivity index (χ4n) is 2.85. The molecule has 0 aliphatic carbocycles. The molecule has 3 rings (SSSR count). The number of hydrogen-bond donors (Lipinski definition) is 2. The molecule has 0 saturated heterocycles. The number of ether oxygens (including phenoxy) is 1. The summed E-state index contributed by atoms with van der Waals surface area (Å²) in [6.45, 7) is 0.529. The first kappa shape index (κ1) is 21.1. The van der Waals surface area contributed by atoms with E-state index in [4.69, 9.17) is 16.3 Å². The first-order valence-corrected chi connectivity index (χ1v) is 9.56. The Morgan fingerprint density at radius 2 is 1.87 bits per heavy atom. The molecule has 0 unspecified atom stereocenters. The van der Waals surface area contributed by atoms with Gasteiger partial charge in [0.2, 0.25) is 0 Å². The standard InChI is InChI=1S/C22H21ClN4O3/c1-30-20-12-17(23)9-10-19(20)22(29)26-25-21(28)15-27(18-7-3-2-4-8-18)14-16-6-5-11-24-13-16/h2-13H,14-15H2,1H3,(H,25,28)(H,26,29). The van der Waals surface area contributed by atoms with Crippen LogP contribution in [0.15, 0.2) is 73.1 Å². The number of carbonyl (C=O) groups excluding carboxylic acids is 2. The van der Waals surface area contributed by atoms with E-state index in [1.54, 1.807) is 18.5 Å². The summed E-state index contributed by atoms with van der Waals surface area (Å²) in [6.07, 6.45) is 3.45. The minimum Gasteiger partial charge on any atom is -0.496 e. The number of methoxy groups -OCH3 is 1. The molecule has 0 radical (unpaired) electrons. The van der Waals surface area contributed by atoms with Crippen molar-refractivity contribution in [2.24, 2.45) is 0 Å². The maximum atomic E-state index is 12.5. The summed E-state index contributed by atoms with van der Waals surface area (Å²) in [7, 11) is 1.44. The average molecular weight is 425 g/mol. The molecular weight excluding hydrogens is 404 g/mol. The molecule has 2 amide bonds. The smallest absolute Gasteiger partial charge is 0.273 e. The van der Waals surface area contributed by atoms with E-state index in [9.17, 15) is 9.59 Å². The lowest BCUT2D eigenvalue weighted by atomic mass is 10.2. The summed E-state index contributed by atoms with van der Waals surface area (Å²) >= 11 is 5.92. The Morgan fingerprint density at radius 3 is 2.57 bits per heavy atom. The number of rotatable bonds is 7. The SMILES string of the molecule is COc1cc(Cl)ccc1C(=O)NNC(=O)CN(Cc1cccnc1)c1ccccc1. The molecule has 2 aromatic carbocycles. The normalized spacial score (nSPS) is 10.2. The van der Waals surface area contributed by atoms with Crippen LogP contribution in [-0.2, 0) is 11.3 Å². The van der Waals surface area contributed by atoms with Gasteiger partial charge in [0.1, 0.15) is 5.75 Å². The third kappa shape index (κ3) is 5.71. The lowest BCUT2D eigenvalue weighted by Gasteiger charge is -2.24. The summed E-state index contributed by atoms with van der Waals surface area (Å²) in [6, 6.07) is 18.0. The van der Waals surface area contributed by atoms with Gasteiger partial charge in [-0.05, 0) is 42.0 Å². The molecular formula is C22H21ClN4O3. The van der Waals surface area contributed by atoms with Crippen LogP contribution in [0, 0.1) is 0 Å². The Bertz CT molecular complexity index is 1000. The number of nitrogens with zero attached hydrogens (tertiary/aromatic N) is 2. The molecule has 3 aromatic rings. The Labute approximate surface area is 179 Å². The van der Waals surface area contributed by atoms with Crippen molar-refractivity contribution in [2.75, 3.05) is 18.6 Å². The molecule has 0 atom stereocenters. The monoisotopic (exact) mass is 424 g/mol. The second-order valence-corrected chi connectivity index (χ2v) is 6.84. The number of benzene rings is 2. The van der Waals surface area contributed by atoms with Crippen molar-refractivity contribution in [3.05, 3.63) is 89.2 Å². The van der Waals surface area contributed by atoms with Gasteiger partial charge in [-0.3, -0.25) is 25.4 Å². The van der Waals surface area contributed by atoms with Crippen LogP contribution in [0.3, 0.4) is 0 Å². The van der Waals surface area contributed by atoms with Crippen LogP contribution in [0.1, 0.15) is 15.9 Å². The van der Waals surface area contributed by atoms with Crippen molar-refractivity contribution in [2.45, 2.75) is 6.54 Å². The number of hydrazine groups is 1. The highest BCUT2D eigenvalue weighted by atomic mass is 35.5. The number of nitrogens with one attached hydrogen (secondary N) is 2. The summed E-state index contributed by atoms with van der Waals surface area (Å²) in [5.74, 6) is -0.559. The average Bonchev–Trinajstić information content (AvgIpc) is 2.78. The fraction of sp³-hybridized carbons (Fsp3) is 0.136. The first-order valence-electron chi connectivity index (χ1n) is 9.18. The summed E-state index contributed by atoms with van der Waals surface area (Å²) < 4.78 is 5.17. The summed E-state index contributed by atoms with van der Waals surface area (Å²) in [5, 5.41) is 0.446. The van der Waals surface area contributed by atoms with Gasteiger partial charge in [-0.15, -0.1) is 0 Å². The maximum Gasteiger partial charge on any atom is 0.273 e. The van der Waals surface area contributed by atoms with Gasteiger partial charge in [-0.25, -0.2) is 0 Å².